The van der Waals surface area contributed by atoms with Gasteiger partial charge in [-0.3, -0.25) is 9.78 Å². The van der Waals surface area contributed by atoms with Gasteiger partial charge in [0.2, 0.25) is 11.8 Å². The number of hydrogen-bond acceptors (Lipinski definition) is 7. The lowest BCUT2D eigenvalue weighted by Gasteiger charge is -2.50. The highest BCUT2D eigenvalue weighted by molar-refractivity contribution is 5.78. The summed E-state index contributed by atoms with van der Waals surface area (Å²) >= 11 is 0. The molecule has 0 aliphatic carbocycles. The lowest BCUT2D eigenvalue weighted by molar-refractivity contribution is -0.165. The molecule has 8 heteroatoms. The Balaban J connectivity index is 1.40. The maximum absolute atomic E-state index is 12.8. The number of fused-ring (bicyclic) bond motifs is 1. The van der Waals surface area contributed by atoms with Crippen molar-refractivity contribution in [2.45, 2.75) is 45.3 Å². The van der Waals surface area contributed by atoms with E-state index in [0.717, 1.165) is 31.4 Å². The van der Waals surface area contributed by atoms with E-state index in [-0.39, 0.29) is 23.8 Å². The summed E-state index contributed by atoms with van der Waals surface area (Å²) < 4.78 is 17.3. The molecule has 4 heterocycles. The van der Waals surface area contributed by atoms with Gasteiger partial charge in [0.15, 0.2) is 5.82 Å². The number of ether oxygens (including phenoxy) is 2. The predicted molar refractivity (Wildman–Crippen MR) is 99.2 cm³/mol. The molecule has 2 aromatic heterocycles. The van der Waals surface area contributed by atoms with Crippen molar-refractivity contribution in [3.05, 3.63) is 41.8 Å². The first-order valence-electron chi connectivity index (χ1n) is 9.80. The standard InChI is InChI=1S/C20H26N4O4/c1-15-22-18(28-23-15)11-19(25)24-9-5-17-20(13-24,6-2-10-27-17)14-26-12-16-3-7-21-8-4-16/h3-4,7-8,17H,2,5-6,9-14H2,1H3/t17-,20+/m1/s1. The Morgan fingerprint density at radius 3 is 3.04 bits per heavy atom. The van der Waals surface area contributed by atoms with Crippen molar-refractivity contribution in [2.75, 3.05) is 26.3 Å². The molecule has 2 aromatic rings. The van der Waals surface area contributed by atoms with Crippen LogP contribution >= 0.6 is 0 Å². The van der Waals surface area contributed by atoms with Crippen LogP contribution in [-0.4, -0.2) is 58.3 Å². The van der Waals surface area contributed by atoms with E-state index in [1.807, 2.05) is 17.0 Å². The number of aryl methyl sites for hydroxylation is 1. The second-order valence-electron chi connectivity index (χ2n) is 7.69. The van der Waals surface area contributed by atoms with Gasteiger partial charge in [0.25, 0.3) is 0 Å². The summed E-state index contributed by atoms with van der Waals surface area (Å²) in [7, 11) is 0. The number of pyridine rings is 1. The number of likely N-dealkylation sites (tertiary alicyclic amines) is 1. The van der Waals surface area contributed by atoms with Crippen LogP contribution in [0.5, 0.6) is 0 Å². The first-order chi connectivity index (χ1) is 13.6. The molecule has 0 radical (unpaired) electrons. The van der Waals surface area contributed by atoms with Crippen LogP contribution in [0.4, 0.5) is 0 Å². The summed E-state index contributed by atoms with van der Waals surface area (Å²) in [4.78, 5) is 22.9. The number of aromatic nitrogens is 3. The van der Waals surface area contributed by atoms with E-state index in [9.17, 15) is 4.79 Å². The molecule has 2 aliphatic heterocycles. The van der Waals surface area contributed by atoms with Crippen molar-refractivity contribution in [1.82, 2.24) is 20.0 Å². The molecule has 2 aliphatic rings. The second kappa shape index (κ2) is 8.36. The highest BCUT2D eigenvalue weighted by Gasteiger charge is 2.47. The fourth-order valence-corrected chi connectivity index (χ4v) is 4.22. The SMILES string of the molecule is Cc1noc(CC(=O)N2CC[C@H]3OCCC[C@@]3(COCc3ccncc3)C2)n1. The summed E-state index contributed by atoms with van der Waals surface area (Å²) in [5.74, 6) is 0.928. The summed E-state index contributed by atoms with van der Waals surface area (Å²) in [6.45, 7) is 4.96. The van der Waals surface area contributed by atoms with Crippen LogP contribution in [0, 0.1) is 12.3 Å². The van der Waals surface area contributed by atoms with Gasteiger partial charge in [-0.2, -0.15) is 4.98 Å². The van der Waals surface area contributed by atoms with Gasteiger partial charge >= 0.3 is 0 Å². The molecule has 2 atom stereocenters. The maximum Gasteiger partial charge on any atom is 0.236 e. The smallest absolute Gasteiger partial charge is 0.236 e. The zero-order chi connectivity index (χ0) is 19.4. The fourth-order valence-electron chi connectivity index (χ4n) is 4.22. The second-order valence-corrected chi connectivity index (χ2v) is 7.69. The molecular weight excluding hydrogens is 360 g/mol. The normalized spacial score (nSPS) is 24.8. The number of piperidine rings is 1. The summed E-state index contributed by atoms with van der Waals surface area (Å²) in [5, 5.41) is 3.76. The van der Waals surface area contributed by atoms with Crippen molar-refractivity contribution < 1.29 is 18.8 Å². The Bertz CT molecular complexity index is 797. The third-order valence-electron chi connectivity index (χ3n) is 5.62. The lowest BCUT2D eigenvalue weighted by atomic mass is 9.73. The minimum atomic E-state index is -0.163. The third-order valence-corrected chi connectivity index (χ3v) is 5.62. The van der Waals surface area contributed by atoms with E-state index in [0.29, 0.717) is 38.0 Å². The average Bonchev–Trinajstić information content (AvgIpc) is 3.13. The Hall–Kier alpha value is -2.32. The van der Waals surface area contributed by atoms with Crippen LogP contribution in [0.2, 0.25) is 0 Å². The molecule has 0 unspecified atom stereocenters. The minimum Gasteiger partial charge on any atom is -0.377 e. The lowest BCUT2D eigenvalue weighted by Crippen LogP contribution is -2.58. The number of carbonyl (C=O) groups excluding carboxylic acids is 1. The number of hydrogen-bond donors (Lipinski definition) is 0. The monoisotopic (exact) mass is 386 g/mol. The van der Waals surface area contributed by atoms with E-state index in [2.05, 4.69) is 15.1 Å². The largest absolute Gasteiger partial charge is 0.377 e. The Morgan fingerprint density at radius 2 is 2.25 bits per heavy atom. The van der Waals surface area contributed by atoms with Gasteiger partial charge in [0.05, 0.1) is 19.3 Å². The van der Waals surface area contributed by atoms with Crippen LogP contribution in [0.3, 0.4) is 0 Å². The first-order valence-corrected chi connectivity index (χ1v) is 9.80. The molecule has 0 aromatic carbocycles. The number of amides is 1. The topological polar surface area (TPSA) is 90.6 Å². The van der Waals surface area contributed by atoms with Crippen molar-refractivity contribution >= 4 is 5.91 Å². The van der Waals surface area contributed by atoms with Crippen LogP contribution in [-0.2, 0) is 27.3 Å². The van der Waals surface area contributed by atoms with E-state index >= 15 is 0 Å². The van der Waals surface area contributed by atoms with Crippen LogP contribution in [0.1, 0.15) is 36.5 Å². The van der Waals surface area contributed by atoms with Crippen LogP contribution in [0.15, 0.2) is 29.0 Å². The van der Waals surface area contributed by atoms with E-state index in [4.69, 9.17) is 14.0 Å². The average molecular weight is 386 g/mol. The molecule has 150 valence electrons. The zero-order valence-electron chi connectivity index (χ0n) is 16.2. The number of carbonyl (C=O) groups is 1. The molecule has 0 spiro atoms. The summed E-state index contributed by atoms with van der Waals surface area (Å²) in [5.41, 5.74) is 0.930. The van der Waals surface area contributed by atoms with Gasteiger partial charge in [0.1, 0.15) is 6.42 Å². The van der Waals surface area contributed by atoms with E-state index in [1.165, 1.54) is 0 Å². The Kier molecular flexibility index (Phi) is 5.68. The Morgan fingerprint density at radius 1 is 1.39 bits per heavy atom. The van der Waals surface area contributed by atoms with Gasteiger partial charge in [-0.05, 0) is 43.9 Å². The molecular formula is C20H26N4O4. The van der Waals surface area contributed by atoms with Gasteiger partial charge in [-0.15, -0.1) is 0 Å². The van der Waals surface area contributed by atoms with Gasteiger partial charge < -0.3 is 18.9 Å². The van der Waals surface area contributed by atoms with Crippen molar-refractivity contribution in [2.24, 2.45) is 5.41 Å². The van der Waals surface area contributed by atoms with Crippen molar-refractivity contribution in [1.29, 1.82) is 0 Å². The van der Waals surface area contributed by atoms with Crippen LogP contribution in [0.25, 0.3) is 0 Å². The van der Waals surface area contributed by atoms with Gasteiger partial charge in [-0.1, -0.05) is 5.16 Å². The quantitative estimate of drug-likeness (QED) is 0.749. The maximum atomic E-state index is 12.8. The molecule has 8 nitrogen and oxygen atoms in total. The molecule has 28 heavy (non-hydrogen) atoms. The molecule has 0 N–H and O–H groups in total. The summed E-state index contributed by atoms with van der Waals surface area (Å²) in [6, 6.07) is 3.91. The minimum absolute atomic E-state index is 0.0150. The first kappa shape index (κ1) is 19.0. The predicted octanol–water partition coefficient (Wildman–Crippen LogP) is 1.93. The number of rotatable bonds is 6. The summed E-state index contributed by atoms with van der Waals surface area (Å²) in [6.07, 6.45) is 6.62. The van der Waals surface area contributed by atoms with E-state index in [1.54, 1.807) is 19.3 Å². The van der Waals surface area contributed by atoms with Crippen molar-refractivity contribution in [3.8, 4) is 0 Å². The zero-order valence-corrected chi connectivity index (χ0v) is 16.2. The fraction of sp³-hybridized carbons (Fsp3) is 0.600. The third kappa shape index (κ3) is 4.23. The highest BCUT2D eigenvalue weighted by Crippen LogP contribution is 2.40. The Labute approximate surface area is 164 Å². The number of nitrogens with zero attached hydrogens (tertiary/aromatic N) is 4. The van der Waals surface area contributed by atoms with Gasteiger partial charge in [0, 0.05) is 37.5 Å². The molecule has 0 bridgehead atoms. The molecule has 1 amide bonds. The molecule has 4 rings (SSSR count). The molecule has 2 saturated heterocycles. The van der Waals surface area contributed by atoms with E-state index < -0.39 is 0 Å². The molecule has 0 saturated carbocycles. The van der Waals surface area contributed by atoms with Crippen molar-refractivity contribution in [3.63, 3.8) is 0 Å². The molecule has 2 fully saturated rings. The van der Waals surface area contributed by atoms with Crippen LogP contribution < -0.4 is 0 Å². The highest BCUT2D eigenvalue weighted by atomic mass is 16.5. The van der Waals surface area contributed by atoms with Gasteiger partial charge in [-0.25, -0.2) is 0 Å².